The van der Waals surface area contributed by atoms with Crippen molar-refractivity contribution in [3.05, 3.63) is 66.6 Å². The van der Waals surface area contributed by atoms with Crippen LogP contribution in [0.1, 0.15) is 17.4 Å². The van der Waals surface area contributed by atoms with E-state index in [0.29, 0.717) is 29.5 Å². The van der Waals surface area contributed by atoms with Crippen LogP contribution in [0.25, 0.3) is 5.69 Å². The lowest BCUT2D eigenvalue weighted by atomic mass is 10.2. The van der Waals surface area contributed by atoms with Crippen LogP contribution in [0.15, 0.2) is 55.1 Å². The first-order valence-electron chi connectivity index (χ1n) is 7.85. The van der Waals surface area contributed by atoms with E-state index in [1.165, 1.54) is 24.7 Å². The third-order valence-corrected chi connectivity index (χ3v) is 4.00. The van der Waals surface area contributed by atoms with Crippen molar-refractivity contribution in [3.63, 3.8) is 0 Å². The number of benzene rings is 1. The van der Waals surface area contributed by atoms with E-state index < -0.39 is 0 Å². The molecule has 0 N–H and O–H groups in total. The van der Waals surface area contributed by atoms with Gasteiger partial charge < -0.3 is 4.74 Å². The van der Waals surface area contributed by atoms with Crippen molar-refractivity contribution in [2.45, 2.75) is 13.0 Å². The van der Waals surface area contributed by atoms with Crippen LogP contribution in [-0.2, 0) is 0 Å². The molecule has 0 bridgehead atoms. The average Bonchev–Trinajstić information content (AvgIpc) is 3.10. The number of anilines is 1. The first kappa shape index (κ1) is 15.3. The Bertz CT molecular complexity index is 923. The van der Waals surface area contributed by atoms with Gasteiger partial charge in [0.1, 0.15) is 23.3 Å². The van der Waals surface area contributed by atoms with Crippen molar-refractivity contribution in [1.82, 2.24) is 14.5 Å². The van der Waals surface area contributed by atoms with Crippen LogP contribution < -0.4 is 9.64 Å². The summed E-state index contributed by atoms with van der Waals surface area (Å²) in [5.41, 5.74) is 1.67. The second kappa shape index (κ2) is 6.01. The van der Waals surface area contributed by atoms with Gasteiger partial charge in [0, 0.05) is 11.9 Å². The van der Waals surface area contributed by atoms with Gasteiger partial charge in [-0.3, -0.25) is 14.3 Å². The van der Waals surface area contributed by atoms with Gasteiger partial charge in [-0.25, -0.2) is 14.4 Å². The van der Waals surface area contributed by atoms with Gasteiger partial charge in [0.15, 0.2) is 0 Å². The third kappa shape index (κ3) is 2.73. The number of pyridine rings is 1. The molecular formula is C18H15FN4O2. The van der Waals surface area contributed by atoms with E-state index in [1.807, 2.05) is 6.92 Å². The molecule has 25 heavy (non-hydrogen) atoms. The Morgan fingerprint density at radius 1 is 1.28 bits per heavy atom. The normalized spacial score (nSPS) is 16.2. The standard InChI is InChI=1S/C18H15FN4O2/c1-12-10-22(15-3-2-8-21-17(15)25-12)18(24)16-9-20-11-23(16)14-6-4-13(19)5-7-14/h2-9,11-12H,10H2,1H3. The van der Waals surface area contributed by atoms with Crippen molar-refractivity contribution < 1.29 is 13.9 Å². The number of amides is 1. The number of carbonyl (C=O) groups excluding carboxylic acids is 1. The van der Waals surface area contributed by atoms with Crippen LogP contribution in [0.3, 0.4) is 0 Å². The van der Waals surface area contributed by atoms with Crippen LogP contribution in [0, 0.1) is 5.82 Å². The maximum absolute atomic E-state index is 13.2. The van der Waals surface area contributed by atoms with E-state index in [9.17, 15) is 9.18 Å². The lowest BCUT2D eigenvalue weighted by Crippen LogP contribution is -2.43. The maximum atomic E-state index is 13.2. The summed E-state index contributed by atoms with van der Waals surface area (Å²) in [6.07, 6.45) is 4.49. The number of carbonyl (C=O) groups is 1. The van der Waals surface area contributed by atoms with E-state index in [0.717, 1.165) is 0 Å². The number of rotatable bonds is 2. The lowest BCUT2D eigenvalue weighted by molar-refractivity contribution is 0.0952. The molecule has 0 fully saturated rings. The van der Waals surface area contributed by atoms with Gasteiger partial charge in [0.25, 0.3) is 5.91 Å². The summed E-state index contributed by atoms with van der Waals surface area (Å²) in [5.74, 6) is -0.118. The fraction of sp³-hybridized carbons (Fsp3) is 0.167. The second-order valence-corrected chi connectivity index (χ2v) is 5.80. The van der Waals surface area contributed by atoms with E-state index in [4.69, 9.17) is 4.74 Å². The van der Waals surface area contributed by atoms with Gasteiger partial charge in [-0.2, -0.15) is 0 Å². The third-order valence-electron chi connectivity index (χ3n) is 4.00. The van der Waals surface area contributed by atoms with Gasteiger partial charge in [-0.1, -0.05) is 0 Å². The molecule has 1 amide bonds. The smallest absolute Gasteiger partial charge is 0.277 e. The number of aromatic nitrogens is 3. The predicted molar refractivity (Wildman–Crippen MR) is 89.5 cm³/mol. The molecule has 1 atom stereocenters. The van der Waals surface area contributed by atoms with Crippen molar-refractivity contribution >= 4 is 11.6 Å². The predicted octanol–water partition coefficient (Wildman–Crippen LogP) is 2.83. The van der Waals surface area contributed by atoms with Crippen LogP contribution in [0.5, 0.6) is 5.88 Å². The summed E-state index contributed by atoms with van der Waals surface area (Å²) in [5, 5.41) is 0. The van der Waals surface area contributed by atoms with Crippen LogP contribution in [0.2, 0.25) is 0 Å². The molecular weight excluding hydrogens is 323 g/mol. The number of nitrogens with zero attached hydrogens (tertiary/aromatic N) is 4. The van der Waals surface area contributed by atoms with Crippen molar-refractivity contribution in [3.8, 4) is 11.6 Å². The summed E-state index contributed by atoms with van der Waals surface area (Å²) in [6, 6.07) is 9.45. The summed E-state index contributed by atoms with van der Waals surface area (Å²) in [6.45, 7) is 2.29. The quantitative estimate of drug-likeness (QED) is 0.721. The average molecular weight is 338 g/mol. The Morgan fingerprint density at radius 2 is 2.08 bits per heavy atom. The van der Waals surface area contributed by atoms with Crippen molar-refractivity contribution in [1.29, 1.82) is 0 Å². The zero-order valence-electron chi connectivity index (χ0n) is 13.5. The van der Waals surface area contributed by atoms with Gasteiger partial charge in [-0.15, -0.1) is 0 Å². The molecule has 2 aromatic heterocycles. The number of imidazole rings is 1. The van der Waals surface area contributed by atoms with Crippen LogP contribution >= 0.6 is 0 Å². The molecule has 1 unspecified atom stereocenters. The summed E-state index contributed by atoms with van der Waals surface area (Å²) < 4.78 is 20.5. The van der Waals surface area contributed by atoms with Gasteiger partial charge in [-0.05, 0) is 43.3 Å². The number of hydrogen-bond donors (Lipinski definition) is 0. The molecule has 0 saturated carbocycles. The van der Waals surface area contributed by atoms with E-state index in [1.54, 1.807) is 39.9 Å². The first-order chi connectivity index (χ1) is 12.1. The summed E-state index contributed by atoms with van der Waals surface area (Å²) in [7, 11) is 0. The fourth-order valence-corrected chi connectivity index (χ4v) is 2.85. The summed E-state index contributed by atoms with van der Waals surface area (Å²) in [4.78, 5) is 23.1. The molecule has 126 valence electrons. The van der Waals surface area contributed by atoms with E-state index in [-0.39, 0.29) is 17.8 Å². The minimum atomic E-state index is -0.334. The lowest BCUT2D eigenvalue weighted by Gasteiger charge is -2.32. The van der Waals surface area contributed by atoms with E-state index >= 15 is 0 Å². The monoisotopic (exact) mass is 338 g/mol. The van der Waals surface area contributed by atoms with Gasteiger partial charge >= 0.3 is 0 Å². The topological polar surface area (TPSA) is 60.2 Å². The van der Waals surface area contributed by atoms with Crippen LogP contribution in [-0.4, -0.2) is 33.1 Å². The zero-order chi connectivity index (χ0) is 17.4. The zero-order valence-corrected chi connectivity index (χ0v) is 13.5. The van der Waals surface area contributed by atoms with Crippen molar-refractivity contribution in [2.24, 2.45) is 0 Å². The molecule has 4 rings (SSSR count). The molecule has 0 spiro atoms. The Kier molecular flexibility index (Phi) is 3.68. The molecule has 3 aromatic rings. The highest BCUT2D eigenvalue weighted by atomic mass is 19.1. The fourth-order valence-electron chi connectivity index (χ4n) is 2.85. The van der Waals surface area contributed by atoms with Gasteiger partial charge in [0.05, 0.1) is 19.1 Å². The molecule has 7 heteroatoms. The second-order valence-electron chi connectivity index (χ2n) is 5.80. The minimum Gasteiger partial charge on any atom is -0.471 e. The molecule has 1 aliphatic rings. The Hall–Kier alpha value is -3.22. The van der Waals surface area contributed by atoms with E-state index in [2.05, 4.69) is 9.97 Å². The maximum Gasteiger partial charge on any atom is 0.277 e. The number of halogens is 1. The highest BCUT2D eigenvalue weighted by molar-refractivity contribution is 6.06. The molecule has 0 radical (unpaired) electrons. The largest absolute Gasteiger partial charge is 0.471 e. The highest BCUT2D eigenvalue weighted by Gasteiger charge is 2.30. The number of ether oxygens (including phenoxy) is 1. The first-order valence-corrected chi connectivity index (χ1v) is 7.85. The van der Waals surface area contributed by atoms with Gasteiger partial charge in [0.2, 0.25) is 5.88 Å². The van der Waals surface area contributed by atoms with Crippen LogP contribution in [0.4, 0.5) is 10.1 Å². The molecule has 1 aromatic carbocycles. The molecule has 0 aliphatic carbocycles. The molecule has 6 nitrogen and oxygen atoms in total. The van der Waals surface area contributed by atoms with Crippen molar-refractivity contribution in [2.75, 3.05) is 11.4 Å². The Labute approximate surface area is 143 Å². The number of fused-ring (bicyclic) bond motifs is 1. The molecule has 0 saturated heterocycles. The SMILES string of the molecule is CC1CN(C(=O)c2cncn2-c2ccc(F)cc2)c2cccnc2O1. The highest BCUT2D eigenvalue weighted by Crippen LogP contribution is 2.32. The molecule has 1 aliphatic heterocycles. The Balaban J connectivity index is 1.73. The molecule has 3 heterocycles. The Morgan fingerprint density at radius 3 is 2.88 bits per heavy atom. The minimum absolute atomic E-state index is 0.173. The summed E-state index contributed by atoms with van der Waals surface area (Å²) >= 11 is 0. The number of hydrogen-bond acceptors (Lipinski definition) is 4.